The van der Waals surface area contributed by atoms with Crippen LogP contribution in [-0.2, 0) is 24.9 Å². The predicted octanol–water partition coefficient (Wildman–Crippen LogP) is 4.74. The first kappa shape index (κ1) is 19.8. The molecule has 0 aliphatic heterocycles. The Labute approximate surface area is 155 Å². The number of fused-ring (bicyclic) bond motifs is 1. The largest absolute Gasteiger partial charge is 0.512 e. The van der Waals surface area contributed by atoms with Crippen LogP contribution in [0.5, 0.6) is 0 Å². The van der Waals surface area contributed by atoms with Crippen molar-refractivity contribution in [2.45, 2.75) is 13.8 Å². The molecule has 1 radical (unpaired) electrons. The standard InChI is InChI=1S/C15H10N.C5H8O2.Ir/c1-2-8-13-12(6-1)7-5-9-14(13)15-10-3-4-11-16-15;1-4(6)3-5(2)7;/h1-8,10-11H;3,6H,1-2H3;/q-1;;/b;4-3-;. The number of rotatable bonds is 2. The molecule has 0 aliphatic rings. The number of ketones is 1. The Morgan fingerprint density at radius 2 is 1.79 bits per heavy atom. The Kier molecular flexibility index (Phi) is 8.03. The second-order valence-electron chi connectivity index (χ2n) is 5.05. The van der Waals surface area contributed by atoms with Gasteiger partial charge in [0.25, 0.3) is 0 Å². The SMILES string of the molecule is CC(=O)/C=C(/C)O.[Ir].[c-]1ccc2ccccc2c1-c1ccccn1. The van der Waals surface area contributed by atoms with E-state index in [1.165, 1.54) is 30.7 Å². The molecular formula is C20H18IrNO2-. The molecule has 0 amide bonds. The summed E-state index contributed by atoms with van der Waals surface area (Å²) in [5.74, 6) is -0.0625. The Balaban J connectivity index is 0.000000312. The fourth-order valence-electron chi connectivity index (χ4n) is 2.18. The Morgan fingerprint density at radius 3 is 2.38 bits per heavy atom. The van der Waals surface area contributed by atoms with Gasteiger partial charge in [0.15, 0.2) is 5.78 Å². The molecule has 125 valence electrons. The molecule has 3 nitrogen and oxygen atoms in total. The van der Waals surface area contributed by atoms with Crippen LogP contribution in [0.15, 0.2) is 72.6 Å². The number of hydrogen-bond acceptors (Lipinski definition) is 3. The number of pyridine rings is 1. The van der Waals surface area contributed by atoms with Crippen LogP contribution < -0.4 is 0 Å². The summed E-state index contributed by atoms with van der Waals surface area (Å²) in [6, 6.07) is 21.5. The average Bonchev–Trinajstić information content (AvgIpc) is 2.54. The topological polar surface area (TPSA) is 50.2 Å². The number of allylic oxidation sites excluding steroid dienone is 2. The van der Waals surface area contributed by atoms with Crippen LogP contribution in [0.2, 0.25) is 0 Å². The number of aliphatic hydroxyl groups is 1. The zero-order valence-corrected chi connectivity index (χ0v) is 15.9. The summed E-state index contributed by atoms with van der Waals surface area (Å²) in [6.45, 7) is 2.85. The van der Waals surface area contributed by atoms with Gasteiger partial charge in [-0.1, -0.05) is 41.8 Å². The van der Waals surface area contributed by atoms with E-state index in [-0.39, 0.29) is 31.6 Å². The molecule has 0 bridgehead atoms. The molecule has 1 N–H and O–H groups in total. The van der Waals surface area contributed by atoms with E-state index in [2.05, 4.69) is 29.2 Å². The molecule has 0 spiro atoms. The van der Waals surface area contributed by atoms with Crippen LogP contribution >= 0.6 is 0 Å². The van der Waals surface area contributed by atoms with Gasteiger partial charge < -0.3 is 10.1 Å². The van der Waals surface area contributed by atoms with Crippen molar-refractivity contribution in [3.63, 3.8) is 0 Å². The normalized spacial score (nSPS) is 10.3. The summed E-state index contributed by atoms with van der Waals surface area (Å²) in [5, 5.41) is 10.8. The van der Waals surface area contributed by atoms with Crippen molar-refractivity contribution in [1.82, 2.24) is 4.98 Å². The first-order valence-corrected chi connectivity index (χ1v) is 7.26. The molecule has 0 unspecified atom stereocenters. The summed E-state index contributed by atoms with van der Waals surface area (Å²) < 4.78 is 0. The van der Waals surface area contributed by atoms with Crippen molar-refractivity contribution < 1.29 is 30.0 Å². The molecule has 0 saturated heterocycles. The number of carbonyl (C=O) groups excluding carboxylic acids is 1. The summed E-state index contributed by atoms with van der Waals surface area (Å²) in [7, 11) is 0. The molecule has 0 atom stereocenters. The van der Waals surface area contributed by atoms with Crippen LogP contribution in [0.4, 0.5) is 0 Å². The summed E-state index contributed by atoms with van der Waals surface area (Å²) in [5.41, 5.74) is 2.04. The van der Waals surface area contributed by atoms with Gasteiger partial charge in [0.2, 0.25) is 0 Å². The first-order chi connectivity index (χ1) is 11.1. The van der Waals surface area contributed by atoms with E-state index in [0.29, 0.717) is 0 Å². The average molecular weight is 497 g/mol. The monoisotopic (exact) mass is 497 g/mol. The summed E-state index contributed by atoms with van der Waals surface area (Å²) in [4.78, 5) is 14.4. The number of aromatic nitrogens is 1. The van der Waals surface area contributed by atoms with Crippen LogP contribution in [0.25, 0.3) is 22.0 Å². The molecule has 3 aromatic rings. The van der Waals surface area contributed by atoms with Crippen LogP contribution in [0.3, 0.4) is 0 Å². The number of hydrogen-bond donors (Lipinski definition) is 1. The van der Waals surface area contributed by atoms with E-state index < -0.39 is 0 Å². The van der Waals surface area contributed by atoms with Gasteiger partial charge in [-0.25, -0.2) is 0 Å². The Morgan fingerprint density at radius 1 is 1.08 bits per heavy atom. The number of nitrogens with zero attached hydrogens (tertiary/aromatic N) is 1. The molecule has 4 heteroatoms. The number of aliphatic hydroxyl groups excluding tert-OH is 1. The maximum Gasteiger partial charge on any atom is 0.155 e. The Hall–Kier alpha value is -2.29. The molecule has 2 aromatic carbocycles. The van der Waals surface area contributed by atoms with Crippen molar-refractivity contribution in [3.05, 3.63) is 78.7 Å². The van der Waals surface area contributed by atoms with Gasteiger partial charge in [-0.15, -0.1) is 29.1 Å². The van der Waals surface area contributed by atoms with Gasteiger partial charge >= 0.3 is 0 Å². The Bertz CT molecular complexity index is 820. The third-order valence-corrected chi connectivity index (χ3v) is 3.05. The van der Waals surface area contributed by atoms with E-state index >= 15 is 0 Å². The minimum Gasteiger partial charge on any atom is -0.512 e. The molecule has 0 saturated carbocycles. The summed E-state index contributed by atoms with van der Waals surface area (Å²) >= 11 is 0. The van der Waals surface area contributed by atoms with Crippen LogP contribution in [0.1, 0.15) is 13.8 Å². The van der Waals surface area contributed by atoms with Gasteiger partial charge in [0.05, 0.1) is 5.76 Å². The minimum absolute atomic E-state index is 0. The molecule has 1 aromatic heterocycles. The first-order valence-electron chi connectivity index (χ1n) is 7.26. The van der Waals surface area contributed by atoms with Crippen molar-refractivity contribution in [1.29, 1.82) is 0 Å². The van der Waals surface area contributed by atoms with E-state index in [1.54, 1.807) is 0 Å². The third-order valence-electron chi connectivity index (χ3n) is 3.05. The van der Waals surface area contributed by atoms with Crippen molar-refractivity contribution in [2.24, 2.45) is 0 Å². The van der Waals surface area contributed by atoms with Gasteiger partial charge in [0, 0.05) is 32.4 Å². The number of benzene rings is 2. The van der Waals surface area contributed by atoms with Gasteiger partial charge in [0.1, 0.15) is 0 Å². The molecule has 1 heterocycles. The molecule has 0 fully saturated rings. The van der Waals surface area contributed by atoms with Crippen molar-refractivity contribution in [2.75, 3.05) is 0 Å². The maximum atomic E-state index is 10.0. The van der Waals surface area contributed by atoms with Gasteiger partial charge in [-0.2, -0.15) is 0 Å². The fourth-order valence-corrected chi connectivity index (χ4v) is 2.18. The second-order valence-corrected chi connectivity index (χ2v) is 5.05. The number of carbonyl (C=O) groups is 1. The zero-order valence-electron chi connectivity index (χ0n) is 13.5. The van der Waals surface area contributed by atoms with E-state index in [1.807, 2.05) is 42.6 Å². The molecule has 0 aliphatic carbocycles. The second kappa shape index (κ2) is 9.76. The van der Waals surface area contributed by atoms with Crippen LogP contribution in [-0.4, -0.2) is 15.9 Å². The maximum absolute atomic E-state index is 10.0. The van der Waals surface area contributed by atoms with Crippen molar-refractivity contribution >= 4 is 16.6 Å². The third kappa shape index (κ3) is 5.73. The quantitative estimate of drug-likeness (QED) is 0.317. The smallest absolute Gasteiger partial charge is 0.155 e. The van der Waals surface area contributed by atoms with E-state index in [0.717, 1.165) is 11.3 Å². The van der Waals surface area contributed by atoms with Gasteiger partial charge in [-0.3, -0.25) is 4.79 Å². The molecular weight excluding hydrogens is 478 g/mol. The minimum atomic E-state index is -0.125. The van der Waals surface area contributed by atoms with E-state index in [4.69, 9.17) is 5.11 Å². The predicted molar refractivity (Wildman–Crippen MR) is 93.1 cm³/mol. The molecule has 24 heavy (non-hydrogen) atoms. The summed E-state index contributed by atoms with van der Waals surface area (Å²) in [6.07, 6.45) is 2.98. The zero-order chi connectivity index (χ0) is 16.7. The fraction of sp³-hybridized carbons (Fsp3) is 0.100. The molecule has 3 rings (SSSR count). The van der Waals surface area contributed by atoms with E-state index in [9.17, 15) is 4.79 Å². The van der Waals surface area contributed by atoms with Crippen molar-refractivity contribution in [3.8, 4) is 11.3 Å². The van der Waals surface area contributed by atoms with Crippen LogP contribution in [0, 0.1) is 6.07 Å². The van der Waals surface area contributed by atoms with Gasteiger partial charge in [-0.05, 0) is 25.6 Å².